The molecule has 0 radical (unpaired) electrons. The van der Waals surface area contributed by atoms with E-state index in [0.717, 1.165) is 20.2 Å². The van der Waals surface area contributed by atoms with E-state index in [1.165, 1.54) is 12.1 Å². The molecule has 2 heterocycles. The molecule has 0 aliphatic carbocycles. The second kappa shape index (κ2) is 4.06. The zero-order valence-corrected chi connectivity index (χ0v) is 10.8. The van der Waals surface area contributed by atoms with Crippen LogP contribution < -0.4 is 0 Å². The smallest absolute Gasteiger partial charge is 0.123 e. The van der Waals surface area contributed by atoms with Gasteiger partial charge < -0.3 is 0 Å². The van der Waals surface area contributed by atoms with Crippen molar-refractivity contribution in [1.82, 2.24) is 14.8 Å². The zero-order valence-electron chi connectivity index (χ0n) is 8.64. The van der Waals surface area contributed by atoms with Crippen LogP contribution in [-0.2, 0) is 0 Å². The molecule has 0 N–H and O–H groups in total. The van der Waals surface area contributed by atoms with Crippen LogP contribution in [0.4, 0.5) is 4.39 Å². The summed E-state index contributed by atoms with van der Waals surface area (Å²) < 4.78 is 15.5. The van der Waals surface area contributed by atoms with E-state index >= 15 is 0 Å². The summed E-state index contributed by atoms with van der Waals surface area (Å²) >= 11 is 2.21. The van der Waals surface area contributed by atoms with Crippen molar-refractivity contribution in [2.75, 3.05) is 0 Å². The van der Waals surface area contributed by atoms with Crippen molar-refractivity contribution in [3.8, 4) is 11.1 Å². The lowest BCUT2D eigenvalue weighted by molar-refractivity contribution is 0.628. The summed E-state index contributed by atoms with van der Waals surface area (Å²) in [6, 6.07) is 8.37. The molecule has 0 spiro atoms. The first-order chi connectivity index (χ1) is 8.24. The van der Waals surface area contributed by atoms with Crippen LogP contribution in [0.5, 0.6) is 0 Å². The van der Waals surface area contributed by atoms with Crippen molar-refractivity contribution in [3.63, 3.8) is 0 Å². The summed E-state index contributed by atoms with van der Waals surface area (Å²) in [6.45, 7) is 0. The van der Waals surface area contributed by atoms with Crippen LogP contribution in [0.1, 0.15) is 0 Å². The van der Waals surface area contributed by atoms with Crippen LogP contribution in [0.2, 0.25) is 0 Å². The highest BCUT2D eigenvalue weighted by molar-refractivity contribution is 14.1. The fraction of sp³-hybridized carbons (Fsp3) is 0. The Labute approximate surface area is 110 Å². The molecule has 3 rings (SSSR count). The van der Waals surface area contributed by atoms with Crippen molar-refractivity contribution < 1.29 is 4.39 Å². The maximum atomic E-state index is 12.8. The third kappa shape index (κ3) is 1.90. The van der Waals surface area contributed by atoms with Gasteiger partial charge in [0.1, 0.15) is 11.3 Å². The van der Waals surface area contributed by atoms with E-state index in [1.807, 2.05) is 6.07 Å². The van der Waals surface area contributed by atoms with Crippen LogP contribution >= 0.6 is 22.6 Å². The highest BCUT2D eigenvalue weighted by Gasteiger charge is 2.05. The Balaban J connectivity index is 2.17. The third-order valence-corrected chi connectivity index (χ3v) is 3.35. The average molecular weight is 339 g/mol. The quantitative estimate of drug-likeness (QED) is 0.638. The van der Waals surface area contributed by atoms with Crippen LogP contribution in [-0.4, -0.2) is 14.8 Å². The number of rotatable bonds is 1. The SMILES string of the molecule is Fc1ccc(-c2cnn3ncc(I)c3c2)cc1. The first kappa shape index (κ1) is 10.6. The van der Waals surface area contributed by atoms with Gasteiger partial charge in [-0.15, -0.1) is 0 Å². The fourth-order valence-corrected chi connectivity index (χ4v) is 2.15. The van der Waals surface area contributed by atoms with E-state index in [-0.39, 0.29) is 5.82 Å². The van der Waals surface area contributed by atoms with Gasteiger partial charge in [-0.3, -0.25) is 0 Å². The molecule has 5 heteroatoms. The predicted octanol–water partition coefficient (Wildman–Crippen LogP) is 3.14. The molecule has 2 aromatic heterocycles. The molecule has 0 bridgehead atoms. The van der Waals surface area contributed by atoms with Crippen molar-refractivity contribution in [1.29, 1.82) is 0 Å². The predicted molar refractivity (Wildman–Crippen MR) is 71.1 cm³/mol. The molecule has 84 valence electrons. The van der Waals surface area contributed by atoms with E-state index in [9.17, 15) is 4.39 Å². The Morgan fingerprint density at radius 3 is 2.47 bits per heavy atom. The Morgan fingerprint density at radius 2 is 1.71 bits per heavy atom. The topological polar surface area (TPSA) is 30.2 Å². The first-order valence-electron chi connectivity index (χ1n) is 4.99. The van der Waals surface area contributed by atoms with Gasteiger partial charge in [0.15, 0.2) is 0 Å². The minimum Gasteiger partial charge on any atom is -0.207 e. The second-order valence-electron chi connectivity index (χ2n) is 3.62. The molecular formula is C12H7FIN3. The van der Waals surface area contributed by atoms with E-state index in [4.69, 9.17) is 0 Å². The van der Waals surface area contributed by atoms with Crippen molar-refractivity contribution in [3.05, 3.63) is 52.1 Å². The van der Waals surface area contributed by atoms with Gasteiger partial charge in [0, 0.05) is 5.56 Å². The monoisotopic (exact) mass is 339 g/mol. The maximum absolute atomic E-state index is 12.8. The van der Waals surface area contributed by atoms with Gasteiger partial charge in [-0.1, -0.05) is 12.1 Å². The molecular weight excluding hydrogens is 332 g/mol. The Morgan fingerprint density at radius 1 is 1.00 bits per heavy atom. The van der Waals surface area contributed by atoms with Crippen molar-refractivity contribution in [2.24, 2.45) is 0 Å². The normalized spacial score (nSPS) is 10.9. The van der Waals surface area contributed by atoms with E-state index < -0.39 is 0 Å². The van der Waals surface area contributed by atoms with Crippen LogP contribution in [0.3, 0.4) is 0 Å². The average Bonchev–Trinajstić information content (AvgIpc) is 2.72. The summed E-state index contributed by atoms with van der Waals surface area (Å²) in [5.74, 6) is -0.235. The Hall–Kier alpha value is -1.50. The molecule has 0 unspecified atom stereocenters. The summed E-state index contributed by atoms with van der Waals surface area (Å²) in [7, 11) is 0. The maximum Gasteiger partial charge on any atom is 0.123 e. The largest absolute Gasteiger partial charge is 0.207 e. The van der Waals surface area contributed by atoms with Crippen LogP contribution in [0.15, 0.2) is 42.7 Å². The number of nitrogens with zero attached hydrogens (tertiary/aromatic N) is 3. The van der Waals surface area contributed by atoms with E-state index in [0.29, 0.717) is 0 Å². The van der Waals surface area contributed by atoms with Crippen LogP contribution in [0.25, 0.3) is 16.6 Å². The lowest BCUT2D eigenvalue weighted by Crippen LogP contribution is -1.93. The standard InChI is InChI=1S/C12H7FIN3/c13-10-3-1-8(2-4-10)9-5-12-11(14)7-16-17(12)15-6-9/h1-7H. The highest BCUT2D eigenvalue weighted by atomic mass is 127. The third-order valence-electron chi connectivity index (χ3n) is 2.52. The molecule has 0 aliphatic heterocycles. The van der Waals surface area contributed by atoms with Gasteiger partial charge in [-0.05, 0) is 46.4 Å². The minimum atomic E-state index is -0.235. The van der Waals surface area contributed by atoms with E-state index in [2.05, 4.69) is 32.8 Å². The first-order valence-corrected chi connectivity index (χ1v) is 6.07. The lowest BCUT2D eigenvalue weighted by Gasteiger charge is -2.01. The number of benzene rings is 1. The molecule has 0 saturated heterocycles. The molecule has 3 aromatic rings. The zero-order chi connectivity index (χ0) is 11.8. The van der Waals surface area contributed by atoms with Gasteiger partial charge >= 0.3 is 0 Å². The highest BCUT2D eigenvalue weighted by Crippen LogP contribution is 2.22. The number of hydrogen-bond donors (Lipinski definition) is 0. The molecule has 3 nitrogen and oxygen atoms in total. The minimum absolute atomic E-state index is 0.235. The number of hydrogen-bond acceptors (Lipinski definition) is 2. The lowest BCUT2D eigenvalue weighted by atomic mass is 10.1. The van der Waals surface area contributed by atoms with E-state index in [1.54, 1.807) is 29.2 Å². The summed E-state index contributed by atoms with van der Waals surface area (Å²) in [4.78, 5) is 0. The summed E-state index contributed by atoms with van der Waals surface area (Å²) in [5, 5.41) is 8.31. The molecule has 1 aromatic carbocycles. The molecule has 0 amide bonds. The van der Waals surface area contributed by atoms with Gasteiger partial charge in [-0.2, -0.15) is 14.8 Å². The van der Waals surface area contributed by atoms with Crippen molar-refractivity contribution >= 4 is 28.1 Å². The second-order valence-corrected chi connectivity index (χ2v) is 4.78. The van der Waals surface area contributed by atoms with Crippen molar-refractivity contribution in [2.45, 2.75) is 0 Å². The van der Waals surface area contributed by atoms with Gasteiger partial charge in [0.05, 0.1) is 16.0 Å². The molecule has 0 aliphatic rings. The molecule has 17 heavy (non-hydrogen) atoms. The fourth-order valence-electron chi connectivity index (χ4n) is 1.65. The Kier molecular flexibility index (Phi) is 2.54. The number of halogens is 2. The number of fused-ring (bicyclic) bond motifs is 1. The van der Waals surface area contributed by atoms with Gasteiger partial charge in [0.2, 0.25) is 0 Å². The summed E-state index contributed by atoms with van der Waals surface area (Å²) in [5.41, 5.74) is 2.85. The summed E-state index contributed by atoms with van der Waals surface area (Å²) in [6.07, 6.45) is 3.49. The molecule has 0 atom stereocenters. The molecule has 0 saturated carbocycles. The number of aromatic nitrogens is 3. The Bertz CT molecular complexity index is 676. The van der Waals surface area contributed by atoms with Gasteiger partial charge in [0.25, 0.3) is 0 Å². The molecule has 0 fully saturated rings. The van der Waals surface area contributed by atoms with Crippen LogP contribution in [0, 0.1) is 9.39 Å². The van der Waals surface area contributed by atoms with Gasteiger partial charge in [-0.25, -0.2) is 4.39 Å².